The first kappa shape index (κ1) is 15.8. The van der Waals surface area contributed by atoms with Gasteiger partial charge >= 0.3 is 0 Å². The third-order valence-electron chi connectivity index (χ3n) is 2.61. The zero-order valence-electron chi connectivity index (χ0n) is 10.9. The van der Waals surface area contributed by atoms with Gasteiger partial charge in [-0.25, -0.2) is 0 Å². The van der Waals surface area contributed by atoms with Crippen LogP contribution in [0.15, 0.2) is 0 Å². The van der Waals surface area contributed by atoms with Crippen LogP contribution >= 0.6 is 11.6 Å². The summed E-state index contributed by atoms with van der Waals surface area (Å²) in [4.78, 5) is 11.5. The Kier molecular flexibility index (Phi) is 9.80. The van der Waals surface area contributed by atoms with Crippen molar-refractivity contribution in [3.8, 4) is 0 Å². The summed E-state index contributed by atoms with van der Waals surface area (Å²) in [6.45, 7) is 6.55. The van der Waals surface area contributed by atoms with Crippen molar-refractivity contribution in [2.75, 3.05) is 5.88 Å². The van der Waals surface area contributed by atoms with Crippen molar-refractivity contribution in [2.45, 2.75) is 65.3 Å². The van der Waals surface area contributed by atoms with Gasteiger partial charge in [0.2, 0.25) is 5.91 Å². The van der Waals surface area contributed by atoms with Crippen molar-refractivity contribution >= 4 is 17.5 Å². The monoisotopic (exact) mass is 247 g/mol. The molecule has 96 valence electrons. The van der Waals surface area contributed by atoms with Crippen LogP contribution in [0, 0.1) is 5.92 Å². The second kappa shape index (κ2) is 9.95. The second-order valence-corrected chi connectivity index (χ2v) is 5.32. The van der Waals surface area contributed by atoms with Crippen molar-refractivity contribution in [2.24, 2.45) is 5.92 Å². The van der Waals surface area contributed by atoms with Crippen LogP contribution in [0.2, 0.25) is 0 Å². The van der Waals surface area contributed by atoms with Crippen molar-refractivity contribution in [3.63, 3.8) is 0 Å². The fraction of sp³-hybridized carbons (Fsp3) is 0.923. The summed E-state index contributed by atoms with van der Waals surface area (Å²) >= 11 is 5.56. The zero-order chi connectivity index (χ0) is 12.4. The molecule has 0 rings (SSSR count). The van der Waals surface area contributed by atoms with E-state index in [1.165, 1.54) is 12.8 Å². The number of rotatable bonds is 9. The standard InChI is InChI=1S/C13H26ClNO/c1-11(2)7-6-8-12(3)15-13(16)9-4-5-10-14/h11-12H,4-10H2,1-3H3,(H,15,16). The molecule has 1 unspecified atom stereocenters. The molecule has 0 radical (unpaired) electrons. The lowest BCUT2D eigenvalue weighted by Crippen LogP contribution is -2.32. The minimum atomic E-state index is 0.169. The van der Waals surface area contributed by atoms with Gasteiger partial charge in [-0.15, -0.1) is 11.6 Å². The first-order valence-corrected chi connectivity index (χ1v) is 6.95. The maximum absolute atomic E-state index is 11.5. The average Bonchev–Trinajstić information content (AvgIpc) is 2.17. The molecule has 1 amide bonds. The number of halogens is 1. The summed E-state index contributed by atoms with van der Waals surface area (Å²) in [7, 11) is 0. The summed E-state index contributed by atoms with van der Waals surface area (Å²) in [5, 5.41) is 3.03. The molecule has 2 nitrogen and oxygen atoms in total. The Morgan fingerprint density at radius 1 is 1.12 bits per heavy atom. The Balaban J connectivity index is 3.46. The average molecular weight is 248 g/mol. The fourth-order valence-corrected chi connectivity index (χ4v) is 1.82. The number of unbranched alkanes of at least 4 members (excludes halogenated alkanes) is 1. The minimum absolute atomic E-state index is 0.169. The van der Waals surface area contributed by atoms with Gasteiger partial charge in [0, 0.05) is 18.3 Å². The van der Waals surface area contributed by atoms with Gasteiger partial charge in [0.15, 0.2) is 0 Å². The molecule has 0 aliphatic heterocycles. The molecule has 0 aromatic rings. The molecule has 0 aromatic heterocycles. The SMILES string of the molecule is CC(C)CCCC(C)NC(=O)CCCCCl. The number of nitrogens with one attached hydrogen (secondary N) is 1. The Hall–Kier alpha value is -0.240. The van der Waals surface area contributed by atoms with E-state index in [1.54, 1.807) is 0 Å². The molecule has 0 heterocycles. The van der Waals surface area contributed by atoms with E-state index in [0.29, 0.717) is 18.3 Å². The van der Waals surface area contributed by atoms with Gasteiger partial charge in [0.1, 0.15) is 0 Å². The van der Waals surface area contributed by atoms with Gasteiger partial charge in [-0.2, -0.15) is 0 Å². The Morgan fingerprint density at radius 3 is 2.38 bits per heavy atom. The predicted octanol–water partition coefficient (Wildman–Crippen LogP) is 3.73. The van der Waals surface area contributed by atoms with Gasteiger partial charge in [-0.05, 0) is 32.1 Å². The third-order valence-corrected chi connectivity index (χ3v) is 2.88. The number of carbonyl (C=O) groups excluding carboxylic acids is 1. The van der Waals surface area contributed by atoms with E-state index in [2.05, 4.69) is 26.1 Å². The van der Waals surface area contributed by atoms with E-state index in [1.807, 2.05) is 0 Å². The largest absolute Gasteiger partial charge is 0.354 e. The molecular formula is C13H26ClNO. The summed E-state index contributed by atoms with van der Waals surface area (Å²) in [6, 6.07) is 0.308. The lowest BCUT2D eigenvalue weighted by Gasteiger charge is -2.14. The maximum atomic E-state index is 11.5. The fourth-order valence-electron chi connectivity index (χ4n) is 1.63. The smallest absolute Gasteiger partial charge is 0.220 e. The number of alkyl halides is 1. The molecule has 0 aromatic carbocycles. The lowest BCUT2D eigenvalue weighted by atomic mass is 10.0. The molecule has 3 heteroatoms. The Labute approximate surface area is 105 Å². The van der Waals surface area contributed by atoms with Crippen LogP contribution in [0.25, 0.3) is 0 Å². The molecule has 0 bridgehead atoms. The molecule has 1 atom stereocenters. The lowest BCUT2D eigenvalue weighted by molar-refractivity contribution is -0.121. The Bertz CT molecular complexity index is 183. The summed E-state index contributed by atoms with van der Waals surface area (Å²) < 4.78 is 0. The van der Waals surface area contributed by atoms with Crippen LogP contribution in [0.5, 0.6) is 0 Å². The highest BCUT2D eigenvalue weighted by Gasteiger charge is 2.07. The number of hydrogen-bond donors (Lipinski definition) is 1. The van der Waals surface area contributed by atoms with Gasteiger partial charge in [-0.1, -0.05) is 26.7 Å². The van der Waals surface area contributed by atoms with Crippen LogP contribution in [0.1, 0.15) is 59.3 Å². The van der Waals surface area contributed by atoms with Gasteiger partial charge in [0.05, 0.1) is 0 Å². The van der Waals surface area contributed by atoms with Crippen molar-refractivity contribution in [1.82, 2.24) is 5.32 Å². The highest BCUT2D eigenvalue weighted by atomic mass is 35.5. The molecule has 0 fully saturated rings. The molecule has 0 spiro atoms. The molecule has 1 N–H and O–H groups in total. The first-order valence-electron chi connectivity index (χ1n) is 6.41. The summed E-state index contributed by atoms with van der Waals surface area (Å²) in [5.41, 5.74) is 0. The van der Waals surface area contributed by atoms with Crippen LogP contribution in [0.3, 0.4) is 0 Å². The van der Waals surface area contributed by atoms with Gasteiger partial charge < -0.3 is 5.32 Å². The van der Waals surface area contributed by atoms with E-state index in [9.17, 15) is 4.79 Å². The normalized spacial score (nSPS) is 12.8. The Morgan fingerprint density at radius 2 is 1.81 bits per heavy atom. The predicted molar refractivity (Wildman–Crippen MR) is 70.9 cm³/mol. The quantitative estimate of drug-likeness (QED) is 0.488. The number of carbonyl (C=O) groups is 1. The first-order chi connectivity index (χ1) is 7.56. The van der Waals surface area contributed by atoms with Crippen molar-refractivity contribution < 1.29 is 4.79 Å². The highest BCUT2D eigenvalue weighted by Crippen LogP contribution is 2.08. The summed E-state index contributed by atoms with van der Waals surface area (Å²) in [5.74, 6) is 1.57. The topological polar surface area (TPSA) is 29.1 Å². The van der Waals surface area contributed by atoms with Crippen LogP contribution < -0.4 is 5.32 Å². The molecule has 0 aliphatic carbocycles. The van der Waals surface area contributed by atoms with E-state index >= 15 is 0 Å². The van der Waals surface area contributed by atoms with E-state index in [4.69, 9.17) is 11.6 Å². The van der Waals surface area contributed by atoms with Crippen LogP contribution in [-0.2, 0) is 4.79 Å². The molecular weight excluding hydrogens is 222 g/mol. The van der Waals surface area contributed by atoms with Gasteiger partial charge in [-0.3, -0.25) is 4.79 Å². The molecule has 0 saturated carbocycles. The molecule has 0 aliphatic rings. The minimum Gasteiger partial charge on any atom is -0.354 e. The van der Waals surface area contributed by atoms with E-state index in [-0.39, 0.29) is 5.91 Å². The molecule has 0 saturated heterocycles. The number of amides is 1. The third kappa shape index (κ3) is 10.3. The van der Waals surface area contributed by atoms with Crippen LogP contribution in [0.4, 0.5) is 0 Å². The van der Waals surface area contributed by atoms with Gasteiger partial charge in [0.25, 0.3) is 0 Å². The molecule has 16 heavy (non-hydrogen) atoms. The highest BCUT2D eigenvalue weighted by molar-refractivity contribution is 6.17. The second-order valence-electron chi connectivity index (χ2n) is 4.94. The van der Waals surface area contributed by atoms with Crippen molar-refractivity contribution in [1.29, 1.82) is 0 Å². The maximum Gasteiger partial charge on any atom is 0.220 e. The van der Waals surface area contributed by atoms with Crippen molar-refractivity contribution in [3.05, 3.63) is 0 Å². The van der Waals surface area contributed by atoms with E-state index < -0.39 is 0 Å². The zero-order valence-corrected chi connectivity index (χ0v) is 11.6. The van der Waals surface area contributed by atoms with E-state index in [0.717, 1.165) is 25.2 Å². The number of hydrogen-bond acceptors (Lipinski definition) is 1. The summed E-state index contributed by atoms with van der Waals surface area (Å²) in [6.07, 6.45) is 5.96. The van der Waals surface area contributed by atoms with Crippen LogP contribution in [-0.4, -0.2) is 17.8 Å².